The van der Waals surface area contributed by atoms with Crippen molar-refractivity contribution >= 4 is 0 Å². The van der Waals surface area contributed by atoms with Crippen LogP contribution in [0.25, 0.3) is 0 Å². The fourth-order valence-electron chi connectivity index (χ4n) is 4.66. The van der Waals surface area contributed by atoms with Crippen LogP contribution in [0.5, 0.6) is 0 Å². The third-order valence-corrected chi connectivity index (χ3v) is 6.22. The van der Waals surface area contributed by atoms with E-state index in [1.54, 1.807) is 0 Å². The Morgan fingerprint density at radius 3 is 2.38 bits per heavy atom. The van der Waals surface area contributed by atoms with E-state index in [0.717, 1.165) is 17.9 Å². The average molecular weight is 295 g/mol. The standard InChI is InChI=1S/C19H38N2/c1-6-13-20-18-16(11-12-19(18,3)4)14-21(5)17-9-7-15(2)8-10-17/h15-18,20H,6-14H2,1-5H3. The van der Waals surface area contributed by atoms with Gasteiger partial charge in [-0.2, -0.15) is 0 Å². The molecule has 2 aliphatic rings. The van der Waals surface area contributed by atoms with Gasteiger partial charge in [0.15, 0.2) is 0 Å². The van der Waals surface area contributed by atoms with E-state index >= 15 is 0 Å². The highest BCUT2D eigenvalue weighted by Gasteiger charge is 2.42. The van der Waals surface area contributed by atoms with Gasteiger partial charge < -0.3 is 10.2 Å². The van der Waals surface area contributed by atoms with Gasteiger partial charge >= 0.3 is 0 Å². The lowest BCUT2D eigenvalue weighted by Gasteiger charge is -2.38. The highest BCUT2D eigenvalue weighted by atomic mass is 15.1. The predicted molar refractivity (Wildman–Crippen MR) is 92.6 cm³/mol. The molecule has 0 saturated heterocycles. The maximum atomic E-state index is 3.86. The summed E-state index contributed by atoms with van der Waals surface area (Å²) in [6.45, 7) is 12.1. The Kier molecular flexibility index (Phi) is 6.14. The molecule has 0 spiro atoms. The molecule has 2 aliphatic carbocycles. The zero-order valence-corrected chi connectivity index (χ0v) is 15.1. The summed E-state index contributed by atoms with van der Waals surface area (Å²) in [4.78, 5) is 2.69. The quantitative estimate of drug-likeness (QED) is 0.785. The molecule has 0 radical (unpaired) electrons. The summed E-state index contributed by atoms with van der Waals surface area (Å²) in [5.41, 5.74) is 0.474. The minimum absolute atomic E-state index is 0.474. The fourth-order valence-corrected chi connectivity index (χ4v) is 4.66. The van der Waals surface area contributed by atoms with Crippen LogP contribution in [0.1, 0.15) is 72.6 Å². The lowest BCUT2D eigenvalue weighted by Crippen LogP contribution is -2.47. The molecule has 0 aliphatic heterocycles. The third-order valence-electron chi connectivity index (χ3n) is 6.22. The summed E-state index contributed by atoms with van der Waals surface area (Å²) in [6.07, 6.45) is 9.74. The first-order valence-electron chi connectivity index (χ1n) is 9.37. The summed E-state index contributed by atoms with van der Waals surface area (Å²) < 4.78 is 0. The zero-order chi connectivity index (χ0) is 15.5. The van der Waals surface area contributed by atoms with Crippen LogP contribution < -0.4 is 5.32 Å². The van der Waals surface area contributed by atoms with Crippen molar-refractivity contribution in [2.45, 2.75) is 84.7 Å². The first kappa shape index (κ1) is 17.3. The lowest BCUT2D eigenvalue weighted by molar-refractivity contribution is 0.132. The highest BCUT2D eigenvalue weighted by molar-refractivity contribution is 4.97. The summed E-state index contributed by atoms with van der Waals surface area (Å²) in [6, 6.07) is 1.55. The summed E-state index contributed by atoms with van der Waals surface area (Å²) in [5, 5.41) is 3.86. The monoisotopic (exact) mass is 294 g/mol. The van der Waals surface area contributed by atoms with Crippen LogP contribution in [-0.2, 0) is 0 Å². The van der Waals surface area contributed by atoms with Gasteiger partial charge in [0.25, 0.3) is 0 Å². The van der Waals surface area contributed by atoms with Crippen LogP contribution >= 0.6 is 0 Å². The first-order valence-corrected chi connectivity index (χ1v) is 9.37. The normalized spacial score (nSPS) is 36.3. The van der Waals surface area contributed by atoms with E-state index in [1.807, 2.05) is 0 Å². The van der Waals surface area contributed by atoms with Gasteiger partial charge in [-0.25, -0.2) is 0 Å². The Morgan fingerprint density at radius 2 is 1.76 bits per heavy atom. The van der Waals surface area contributed by atoms with Gasteiger partial charge in [0.05, 0.1) is 0 Å². The third kappa shape index (κ3) is 4.45. The van der Waals surface area contributed by atoms with Crippen molar-refractivity contribution in [3.05, 3.63) is 0 Å². The van der Waals surface area contributed by atoms with Crippen LogP contribution in [0, 0.1) is 17.3 Å². The molecule has 2 heteroatoms. The zero-order valence-electron chi connectivity index (χ0n) is 15.1. The number of nitrogens with one attached hydrogen (secondary N) is 1. The smallest absolute Gasteiger partial charge is 0.0159 e. The molecular formula is C19H38N2. The summed E-state index contributed by atoms with van der Waals surface area (Å²) in [5.74, 6) is 1.80. The number of hydrogen-bond acceptors (Lipinski definition) is 2. The largest absolute Gasteiger partial charge is 0.313 e. The molecule has 2 nitrogen and oxygen atoms in total. The van der Waals surface area contributed by atoms with Crippen molar-refractivity contribution in [1.82, 2.24) is 10.2 Å². The first-order chi connectivity index (χ1) is 9.94. The average Bonchev–Trinajstić information content (AvgIpc) is 2.72. The Balaban J connectivity index is 1.88. The number of hydrogen-bond donors (Lipinski definition) is 1. The van der Waals surface area contributed by atoms with Crippen molar-refractivity contribution in [1.29, 1.82) is 0 Å². The molecule has 2 rings (SSSR count). The van der Waals surface area contributed by atoms with Crippen molar-refractivity contribution < 1.29 is 0 Å². The minimum Gasteiger partial charge on any atom is -0.313 e. The van der Waals surface area contributed by atoms with Crippen LogP contribution in [0.4, 0.5) is 0 Å². The van der Waals surface area contributed by atoms with Crippen molar-refractivity contribution in [2.75, 3.05) is 20.1 Å². The van der Waals surface area contributed by atoms with Crippen LogP contribution in [0.3, 0.4) is 0 Å². The molecule has 1 N–H and O–H groups in total. The fraction of sp³-hybridized carbons (Fsp3) is 1.00. The Labute approximate surface area is 133 Å². The van der Waals surface area contributed by atoms with E-state index in [2.05, 4.69) is 45.0 Å². The molecule has 21 heavy (non-hydrogen) atoms. The van der Waals surface area contributed by atoms with Crippen LogP contribution in [-0.4, -0.2) is 37.1 Å². The molecular weight excluding hydrogens is 256 g/mol. The lowest BCUT2D eigenvalue weighted by atomic mass is 9.83. The van der Waals surface area contributed by atoms with E-state index in [-0.39, 0.29) is 0 Å². The molecule has 124 valence electrons. The molecule has 0 aromatic carbocycles. The molecule has 0 bridgehead atoms. The summed E-state index contributed by atoms with van der Waals surface area (Å²) in [7, 11) is 2.38. The van der Waals surface area contributed by atoms with E-state index in [9.17, 15) is 0 Å². The van der Waals surface area contributed by atoms with Gasteiger partial charge in [0, 0.05) is 18.6 Å². The van der Waals surface area contributed by atoms with E-state index in [0.29, 0.717) is 11.5 Å². The number of rotatable bonds is 6. The van der Waals surface area contributed by atoms with Crippen molar-refractivity contribution in [2.24, 2.45) is 17.3 Å². The van der Waals surface area contributed by atoms with Gasteiger partial charge in [0.1, 0.15) is 0 Å². The van der Waals surface area contributed by atoms with E-state index in [1.165, 1.54) is 58.0 Å². The molecule has 2 atom stereocenters. The predicted octanol–water partition coefficient (Wildman–Crippen LogP) is 4.30. The van der Waals surface area contributed by atoms with Gasteiger partial charge in [-0.15, -0.1) is 0 Å². The van der Waals surface area contributed by atoms with Crippen molar-refractivity contribution in [3.63, 3.8) is 0 Å². The Hall–Kier alpha value is -0.0800. The van der Waals surface area contributed by atoms with Crippen molar-refractivity contribution in [3.8, 4) is 0 Å². The second kappa shape index (κ2) is 7.46. The van der Waals surface area contributed by atoms with Gasteiger partial charge in [-0.05, 0) is 75.8 Å². The molecule has 2 saturated carbocycles. The van der Waals surface area contributed by atoms with E-state index < -0.39 is 0 Å². The molecule has 0 heterocycles. The maximum Gasteiger partial charge on any atom is 0.0159 e. The van der Waals surface area contributed by atoms with Crippen LogP contribution in [0.2, 0.25) is 0 Å². The topological polar surface area (TPSA) is 15.3 Å². The molecule has 2 fully saturated rings. The minimum atomic E-state index is 0.474. The molecule has 0 aromatic rings. The SMILES string of the molecule is CCCNC1C(CN(C)C2CCC(C)CC2)CCC1(C)C. The number of nitrogens with zero attached hydrogens (tertiary/aromatic N) is 1. The van der Waals surface area contributed by atoms with Gasteiger partial charge in [0.2, 0.25) is 0 Å². The van der Waals surface area contributed by atoms with Gasteiger partial charge in [-0.3, -0.25) is 0 Å². The van der Waals surface area contributed by atoms with Gasteiger partial charge in [-0.1, -0.05) is 27.7 Å². The van der Waals surface area contributed by atoms with E-state index in [4.69, 9.17) is 0 Å². The summed E-state index contributed by atoms with van der Waals surface area (Å²) >= 11 is 0. The molecule has 0 amide bonds. The second-order valence-electron chi connectivity index (χ2n) is 8.57. The second-order valence-corrected chi connectivity index (χ2v) is 8.57. The Bertz CT molecular complexity index is 305. The Morgan fingerprint density at radius 1 is 1.10 bits per heavy atom. The molecule has 2 unspecified atom stereocenters. The molecule has 0 aromatic heterocycles. The maximum absolute atomic E-state index is 3.86. The van der Waals surface area contributed by atoms with Crippen LogP contribution in [0.15, 0.2) is 0 Å². The highest BCUT2D eigenvalue weighted by Crippen LogP contribution is 2.42.